The largest absolute Gasteiger partial charge is 0.507 e. The van der Waals surface area contributed by atoms with Gasteiger partial charge in [0.25, 0.3) is 0 Å². The van der Waals surface area contributed by atoms with E-state index in [1.165, 1.54) is 0 Å². The summed E-state index contributed by atoms with van der Waals surface area (Å²) >= 11 is 4.79. The highest BCUT2D eigenvalue weighted by Crippen LogP contribution is 2.40. The Balaban J connectivity index is 1.63. The Bertz CT molecular complexity index is 1930. The van der Waals surface area contributed by atoms with Gasteiger partial charge in [-0.2, -0.15) is 35.3 Å². The summed E-state index contributed by atoms with van der Waals surface area (Å²) in [7, 11) is 0. The lowest BCUT2D eigenvalue weighted by Crippen LogP contribution is -2.39. The molecule has 12 heteroatoms. The van der Waals surface area contributed by atoms with Crippen molar-refractivity contribution in [2.24, 2.45) is 5.41 Å². The van der Waals surface area contributed by atoms with Gasteiger partial charge in [0, 0.05) is 34.5 Å². The predicted octanol–water partition coefficient (Wildman–Crippen LogP) is 12.8. The average molecular weight is 969 g/mol. The fourth-order valence-corrected chi connectivity index (χ4v) is 11.1. The van der Waals surface area contributed by atoms with E-state index < -0.39 is 23.3 Å². The van der Waals surface area contributed by atoms with Crippen LogP contribution in [0.4, 0.5) is 0 Å². The van der Waals surface area contributed by atoms with Crippen LogP contribution in [0, 0.1) is 47.0 Å². The Morgan fingerprint density at radius 3 is 0.924 bits per heavy atom. The number of thioether (sulfide) groups is 3. The smallest absolute Gasteiger partial charge is 0.306 e. The molecule has 368 valence electrons. The van der Waals surface area contributed by atoms with E-state index in [-0.39, 0.29) is 55.3 Å². The summed E-state index contributed by atoms with van der Waals surface area (Å²) in [6, 6.07) is 6.15. The Hall–Kier alpha value is -3.48. The molecule has 0 atom stereocenters. The lowest BCUT2D eigenvalue weighted by molar-refractivity contribution is -0.161. The molecule has 0 heterocycles. The second-order valence-corrected chi connectivity index (χ2v) is 24.4. The summed E-state index contributed by atoms with van der Waals surface area (Å²) in [6.07, 6.45) is 0.904. The number of carbonyl (C=O) groups is 3. The number of aromatic hydroxyl groups is 3. The zero-order valence-corrected chi connectivity index (χ0v) is 45.4. The molecule has 0 spiro atoms. The first-order chi connectivity index (χ1) is 30.5. The van der Waals surface area contributed by atoms with E-state index in [1.807, 2.05) is 27.7 Å². The van der Waals surface area contributed by atoms with Crippen LogP contribution in [0.3, 0.4) is 0 Å². The molecule has 0 saturated carbocycles. The quantitative estimate of drug-likeness (QED) is 0.0502. The molecule has 3 N–H and O–H groups in total. The van der Waals surface area contributed by atoms with Gasteiger partial charge in [0.2, 0.25) is 0 Å². The normalized spacial score (nSPS) is 12.4. The number of ether oxygens (including phenoxy) is 3. The highest BCUT2D eigenvalue weighted by atomic mass is 32.2. The first-order valence-electron chi connectivity index (χ1n) is 23.2. The third-order valence-corrected chi connectivity index (χ3v) is 15.5. The van der Waals surface area contributed by atoms with Crippen LogP contribution in [0.5, 0.6) is 17.2 Å². The molecule has 0 bridgehead atoms. The fraction of sp³-hybridized carbons (Fsp3) is 0.611. The fourth-order valence-electron chi connectivity index (χ4n) is 7.76. The SMILES string of the molecule is CCC(COC(=O)CCSCc1c(C)cc(C(C)(C)C)c(O)c1C)(COC(=O)CCSCc1c(C)cc(C(C)(C)C)c(O)c1C)COC(=O)CCSCc1c(C)cc(C(C)(C)C)c(O)c1C. The van der Waals surface area contributed by atoms with Gasteiger partial charge in [-0.1, -0.05) is 87.4 Å². The summed E-state index contributed by atoms with van der Waals surface area (Å²) in [6.45, 7) is 32.3. The standard InChI is InChI=1S/C54H80O9S3/c1-17-54(30-61-45(55)18-21-64-27-39-33(2)24-42(51(8,9)10)48(58)36(39)5,31-62-46(56)19-22-65-28-40-34(3)25-43(52(11,12)13)49(59)37(40)6)32-63-47(57)20-23-66-29-41-35(4)26-44(53(14,15)16)50(60)38(41)7/h24-26,58-60H,17-23,27-32H2,1-16H3. The van der Waals surface area contributed by atoms with Crippen molar-refractivity contribution in [2.45, 2.75) is 170 Å². The van der Waals surface area contributed by atoms with Crippen molar-refractivity contribution in [1.82, 2.24) is 0 Å². The Labute approximate surface area is 409 Å². The molecule has 0 saturated heterocycles. The minimum absolute atomic E-state index is 0.0867. The Morgan fingerprint density at radius 1 is 0.470 bits per heavy atom. The van der Waals surface area contributed by atoms with Gasteiger partial charge >= 0.3 is 17.9 Å². The van der Waals surface area contributed by atoms with Crippen molar-refractivity contribution >= 4 is 53.2 Å². The third-order valence-electron chi connectivity index (χ3n) is 12.6. The number of phenols is 3. The molecule has 0 radical (unpaired) electrons. The topological polar surface area (TPSA) is 140 Å². The van der Waals surface area contributed by atoms with Crippen LogP contribution < -0.4 is 0 Å². The maximum absolute atomic E-state index is 13.2. The average Bonchev–Trinajstić information content (AvgIpc) is 3.22. The summed E-state index contributed by atoms with van der Waals surface area (Å²) in [5.74, 6) is 3.21. The lowest BCUT2D eigenvalue weighted by Gasteiger charge is -2.31. The van der Waals surface area contributed by atoms with Crippen molar-refractivity contribution in [3.05, 3.63) is 85.0 Å². The van der Waals surface area contributed by atoms with Crippen LogP contribution in [-0.4, -0.2) is 70.3 Å². The molecular weight excluding hydrogens is 889 g/mol. The minimum atomic E-state index is -0.948. The first kappa shape index (κ1) is 56.8. The molecule has 0 amide bonds. The molecule has 0 aliphatic rings. The van der Waals surface area contributed by atoms with Gasteiger partial charge in [-0.3, -0.25) is 14.4 Å². The van der Waals surface area contributed by atoms with Gasteiger partial charge in [0.1, 0.15) is 37.1 Å². The van der Waals surface area contributed by atoms with Gasteiger partial charge in [0.15, 0.2) is 0 Å². The number of phenolic OH excluding ortho intramolecular Hbond substituents is 3. The van der Waals surface area contributed by atoms with Crippen molar-refractivity contribution in [3.8, 4) is 17.2 Å². The van der Waals surface area contributed by atoms with Crippen LogP contribution in [0.15, 0.2) is 18.2 Å². The highest BCUT2D eigenvalue weighted by Gasteiger charge is 2.34. The molecule has 9 nitrogen and oxygen atoms in total. The monoisotopic (exact) mass is 968 g/mol. The van der Waals surface area contributed by atoms with Gasteiger partial charge in [0.05, 0.1) is 24.7 Å². The summed E-state index contributed by atoms with van der Waals surface area (Å²) in [5.41, 5.74) is 10.3. The molecule has 0 unspecified atom stereocenters. The molecule has 0 fully saturated rings. The summed E-state index contributed by atoms with van der Waals surface area (Å²) < 4.78 is 17.5. The zero-order chi connectivity index (χ0) is 49.9. The number of carbonyl (C=O) groups excluding carboxylic acids is 3. The first-order valence-corrected chi connectivity index (χ1v) is 26.7. The molecule has 0 aromatic heterocycles. The summed E-state index contributed by atoms with van der Waals surface area (Å²) in [4.78, 5) is 39.5. The van der Waals surface area contributed by atoms with E-state index in [9.17, 15) is 29.7 Å². The number of esters is 3. The van der Waals surface area contributed by atoms with E-state index in [0.29, 0.717) is 58.2 Å². The number of hydrogen-bond acceptors (Lipinski definition) is 12. The Morgan fingerprint density at radius 2 is 0.712 bits per heavy atom. The summed E-state index contributed by atoms with van der Waals surface area (Å²) in [5, 5.41) is 32.8. The molecule has 3 aromatic rings. The van der Waals surface area contributed by atoms with Crippen molar-refractivity contribution in [3.63, 3.8) is 0 Å². The third kappa shape index (κ3) is 15.8. The molecule has 3 aromatic carbocycles. The van der Waals surface area contributed by atoms with Crippen molar-refractivity contribution in [1.29, 1.82) is 0 Å². The molecule has 3 rings (SSSR count). The van der Waals surface area contributed by atoms with Crippen LogP contribution in [0.1, 0.15) is 162 Å². The van der Waals surface area contributed by atoms with Gasteiger partial charge in [-0.05, 0) is 131 Å². The Kier molecular flexibility index (Phi) is 20.8. The van der Waals surface area contributed by atoms with Crippen LogP contribution in [-0.2, 0) is 62.1 Å². The van der Waals surface area contributed by atoms with Crippen LogP contribution in [0.25, 0.3) is 0 Å². The number of aryl methyl sites for hydroxylation is 3. The number of hydrogen-bond donors (Lipinski definition) is 3. The second-order valence-electron chi connectivity index (χ2n) is 21.1. The number of rotatable bonds is 22. The molecule has 0 aliphatic carbocycles. The second kappa shape index (κ2) is 24.2. The van der Waals surface area contributed by atoms with Gasteiger partial charge < -0.3 is 29.5 Å². The molecule has 0 aliphatic heterocycles. The van der Waals surface area contributed by atoms with Crippen LogP contribution in [0.2, 0.25) is 0 Å². The van der Waals surface area contributed by atoms with E-state index in [4.69, 9.17) is 14.2 Å². The molecule has 66 heavy (non-hydrogen) atoms. The van der Waals surface area contributed by atoms with Gasteiger partial charge in [-0.25, -0.2) is 0 Å². The molecular formula is C54H80O9S3. The van der Waals surface area contributed by atoms with Crippen LogP contribution >= 0.6 is 35.3 Å². The maximum atomic E-state index is 13.2. The maximum Gasteiger partial charge on any atom is 0.306 e. The van der Waals surface area contributed by atoms with E-state index in [2.05, 4.69) is 101 Å². The van der Waals surface area contributed by atoms with Crippen molar-refractivity contribution < 1.29 is 43.9 Å². The lowest BCUT2D eigenvalue weighted by atomic mass is 9.83. The minimum Gasteiger partial charge on any atom is -0.507 e. The van der Waals surface area contributed by atoms with E-state index >= 15 is 0 Å². The highest BCUT2D eigenvalue weighted by molar-refractivity contribution is 7.98. The zero-order valence-electron chi connectivity index (χ0n) is 42.9. The van der Waals surface area contributed by atoms with E-state index in [1.54, 1.807) is 35.3 Å². The van der Waals surface area contributed by atoms with E-state index in [0.717, 1.165) is 66.8 Å². The number of benzene rings is 3. The van der Waals surface area contributed by atoms with Crippen molar-refractivity contribution in [2.75, 3.05) is 37.1 Å². The predicted molar refractivity (Wildman–Crippen MR) is 277 cm³/mol. The van der Waals surface area contributed by atoms with Gasteiger partial charge in [-0.15, -0.1) is 0 Å².